The molecule has 2 aromatic rings. The summed E-state index contributed by atoms with van der Waals surface area (Å²) in [6.45, 7) is 4.85. The highest BCUT2D eigenvalue weighted by atomic mass is 19.1. The second-order valence-electron chi connectivity index (χ2n) is 6.80. The van der Waals surface area contributed by atoms with Gasteiger partial charge in [-0.2, -0.15) is 4.98 Å². The van der Waals surface area contributed by atoms with Gasteiger partial charge in [0.1, 0.15) is 11.9 Å². The zero-order valence-corrected chi connectivity index (χ0v) is 15.2. The molecule has 9 heteroatoms. The first-order chi connectivity index (χ1) is 12.9. The minimum absolute atomic E-state index is 0.0676. The van der Waals surface area contributed by atoms with Crippen molar-refractivity contribution < 1.29 is 18.5 Å². The summed E-state index contributed by atoms with van der Waals surface area (Å²) in [4.78, 5) is 30.6. The van der Waals surface area contributed by atoms with Gasteiger partial charge in [0.05, 0.1) is 6.54 Å². The molecule has 3 amide bonds. The highest BCUT2D eigenvalue weighted by Gasteiger charge is 2.34. The molecule has 3 rings (SSSR count). The highest BCUT2D eigenvalue weighted by Crippen LogP contribution is 2.23. The van der Waals surface area contributed by atoms with Crippen molar-refractivity contribution in [3.05, 3.63) is 47.4 Å². The van der Waals surface area contributed by atoms with Crippen LogP contribution in [0.5, 0.6) is 0 Å². The molecule has 1 aliphatic heterocycles. The Morgan fingerprint density at radius 1 is 1.41 bits per heavy atom. The number of amides is 3. The summed E-state index contributed by atoms with van der Waals surface area (Å²) in [5, 5.41) is 9.31. The van der Waals surface area contributed by atoms with Crippen LogP contribution >= 0.6 is 0 Å². The summed E-state index contributed by atoms with van der Waals surface area (Å²) < 4.78 is 18.3. The fraction of sp³-hybridized carbons (Fsp3) is 0.444. The van der Waals surface area contributed by atoms with Gasteiger partial charge in [0.25, 0.3) is 0 Å². The van der Waals surface area contributed by atoms with Crippen LogP contribution in [0.15, 0.2) is 28.8 Å². The summed E-state index contributed by atoms with van der Waals surface area (Å²) in [6, 6.07) is 4.29. The first kappa shape index (κ1) is 18.8. The lowest BCUT2D eigenvalue weighted by Gasteiger charge is -2.35. The molecule has 0 saturated carbocycles. The number of benzene rings is 1. The lowest BCUT2D eigenvalue weighted by molar-refractivity contribution is -0.127. The van der Waals surface area contributed by atoms with Crippen molar-refractivity contribution in [3.63, 3.8) is 0 Å². The second kappa shape index (κ2) is 8.15. The number of carbonyl (C=O) groups excluding carboxylic acids is 2. The van der Waals surface area contributed by atoms with E-state index in [1.54, 1.807) is 0 Å². The van der Waals surface area contributed by atoms with E-state index in [1.807, 2.05) is 0 Å². The van der Waals surface area contributed by atoms with E-state index >= 15 is 0 Å². The van der Waals surface area contributed by atoms with Gasteiger partial charge >= 0.3 is 6.03 Å². The molecule has 2 N–H and O–H groups in total. The number of carbonyl (C=O) groups is 2. The molecule has 0 aliphatic carbocycles. The van der Waals surface area contributed by atoms with Crippen LogP contribution in [0.3, 0.4) is 0 Å². The number of rotatable bonds is 5. The number of hydrogen-bond acceptors (Lipinski definition) is 5. The van der Waals surface area contributed by atoms with E-state index in [0.29, 0.717) is 42.7 Å². The van der Waals surface area contributed by atoms with Crippen molar-refractivity contribution >= 4 is 11.9 Å². The Labute approximate surface area is 156 Å². The number of aromatic nitrogens is 2. The number of nitrogens with zero attached hydrogens (tertiary/aromatic N) is 3. The average molecular weight is 375 g/mol. The van der Waals surface area contributed by atoms with Crippen LogP contribution in [-0.2, 0) is 17.8 Å². The monoisotopic (exact) mass is 375 g/mol. The van der Waals surface area contributed by atoms with Crippen molar-refractivity contribution in [1.82, 2.24) is 25.7 Å². The Bertz CT molecular complexity index is 806. The van der Waals surface area contributed by atoms with Crippen LogP contribution in [-0.4, -0.2) is 40.1 Å². The molecule has 1 fully saturated rings. The first-order valence-corrected chi connectivity index (χ1v) is 8.83. The van der Waals surface area contributed by atoms with E-state index in [4.69, 9.17) is 4.52 Å². The van der Waals surface area contributed by atoms with Crippen molar-refractivity contribution in [2.24, 2.45) is 5.92 Å². The van der Waals surface area contributed by atoms with Gasteiger partial charge in [-0.1, -0.05) is 31.1 Å². The maximum atomic E-state index is 13.2. The quantitative estimate of drug-likeness (QED) is 0.830. The van der Waals surface area contributed by atoms with Gasteiger partial charge in [-0.05, 0) is 23.6 Å². The standard InChI is InChI=1S/C18H22FN5O3/c1-11(2)9-14-22-15(27-23-14)10-21-18(26)24-8-7-20-17(25)16(24)12-3-5-13(19)6-4-12/h3-6,11,16H,7-10H2,1-2H3,(H,20,25)(H,21,26)/t16-/m0/s1. The van der Waals surface area contributed by atoms with E-state index in [0.717, 1.165) is 0 Å². The highest BCUT2D eigenvalue weighted by molar-refractivity contribution is 5.89. The molecule has 27 heavy (non-hydrogen) atoms. The van der Waals surface area contributed by atoms with Gasteiger partial charge in [-0.25, -0.2) is 9.18 Å². The molecule has 1 aromatic carbocycles. The average Bonchev–Trinajstić information content (AvgIpc) is 3.07. The molecule has 1 aromatic heterocycles. The molecule has 0 unspecified atom stereocenters. The second-order valence-corrected chi connectivity index (χ2v) is 6.80. The minimum atomic E-state index is -0.821. The Balaban J connectivity index is 1.67. The lowest BCUT2D eigenvalue weighted by atomic mass is 10.0. The van der Waals surface area contributed by atoms with Gasteiger partial charge in [-0.15, -0.1) is 0 Å². The predicted molar refractivity (Wildman–Crippen MR) is 93.9 cm³/mol. The van der Waals surface area contributed by atoms with Gasteiger partial charge in [0, 0.05) is 19.5 Å². The van der Waals surface area contributed by atoms with E-state index in [9.17, 15) is 14.0 Å². The van der Waals surface area contributed by atoms with Crippen LogP contribution in [0.1, 0.15) is 37.2 Å². The summed E-state index contributed by atoms with van der Waals surface area (Å²) >= 11 is 0. The molecular weight excluding hydrogens is 353 g/mol. The molecule has 1 saturated heterocycles. The van der Waals surface area contributed by atoms with Gasteiger partial charge in [-0.3, -0.25) is 4.79 Å². The van der Waals surface area contributed by atoms with Crippen LogP contribution in [0, 0.1) is 11.7 Å². The van der Waals surface area contributed by atoms with Gasteiger partial charge in [0.2, 0.25) is 11.8 Å². The zero-order valence-electron chi connectivity index (χ0n) is 15.2. The summed E-state index contributed by atoms with van der Waals surface area (Å²) in [5.41, 5.74) is 0.542. The summed E-state index contributed by atoms with van der Waals surface area (Å²) in [5.74, 6) is 0.586. The number of hydrogen-bond donors (Lipinski definition) is 2. The van der Waals surface area contributed by atoms with Crippen LogP contribution in [0.2, 0.25) is 0 Å². The fourth-order valence-electron chi connectivity index (χ4n) is 2.92. The predicted octanol–water partition coefficient (Wildman–Crippen LogP) is 1.79. The molecular formula is C18H22FN5O3. The maximum Gasteiger partial charge on any atom is 0.318 e. The molecule has 1 aliphatic rings. The number of halogens is 1. The van der Waals surface area contributed by atoms with Crippen LogP contribution in [0.25, 0.3) is 0 Å². The molecule has 1 atom stereocenters. The number of piperazine rings is 1. The minimum Gasteiger partial charge on any atom is -0.352 e. The third-order valence-electron chi connectivity index (χ3n) is 4.15. The van der Waals surface area contributed by atoms with Gasteiger partial charge in [0.15, 0.2) is 5.82 Å². The largest absolute Gasteiger partial charge is 0.352 e. The van der Waals surface area contributed by atoms with Crippen molar-refractivity contribution in [2.75, 3.05) is 13.1 Å². The third kappa shape index (κ3) is 4.60. The molecule has 0 radical (unpaired) electrons. The van der Waals surface area contributed by atoms with Crippen molar-refractivity contribution in [1.29, 1.82) is 0 Å². The lowest BCUT2D eigenvalue weighted by Crippen LogP contribution is -2.54. The maximum absolute atomic E-state index is 13.2. The molecule has 0 bridgehead atoms. The fourth-order valence-corrected chi connectivity index (χ4v) is 2.92. The molecule has 144 valence electrons. The Hall–Kier alpha value is -2.97. The van der Waals surface area contributed by atoms with E-state index in [2.05, 4.69) is 34.6 Å². The Kier molecular flexibility index (Phi) is 5.68. The topological polar surface area (TPSA) is 100 Å². The first-order valence-electron chi connectivity index (χ1n) is 8.83. The summed E-state index contributed by atoms with van der Waals surface area (Å²) in [6.07, 6.45) is 0.691. The number of nitrogens with one attached hydrogen (secondary N) is 2. The molecule has 2 heterocycles. The molecule has 0 spiro atoms. The van der Waals surface area contributed by atoms with Crippen LogP contribution in [0.4, 0.5) is 9.18 Å². The number of urea groups is 1. The normalized spacial score (nSPS) is 17.1. The van der Waals surface area contributed by atoms with Crippen LogP contribution < -0.4 is 10.6 Å². The van der Waals surface area contributed by atoms with E-state index < -0.39 is 17.9 Å². The van der Waals surface area contributed by atoms with E-state index in [-0.39, 0.29) is 12.5 Å². The SMILES string of the molecule is CC(C)Cc1noc(CNC(=O)N2CCNC(=O)[C@@H]2c2ccc(F)cc2)n1. The Morgan fingerprint density at radius 3 is 2.85 bits per heavy atom. The van der Waals surface area contributed by atoms with Crippen molar-refractivity contribution in [2.45, 2.75) is 32.9 Å². The smallest absolute Gasteiger partial charge is 0.318 e. The van der Waals surface area contributed by atoms with Crippen molar-refractivity contribution in [3.8, 4) is 0 Å². The third-order valence-corrected chi connectivity index (χ3v) is 4.15. The summed E-state index contributed by atoms with van der Waals surface area (Å²) in [7, 11) is 0. The Morgan fingerprint density at radius 2 is 2.15 bits per heavy atom. The molecule has 8 nitrogen and oxygen atoms in total. The van der Waals surface area contributed by atoms with Gasteiger partial charge < -0.3 is 20.1 Å². The zero-order chi connectivity index (χ0) is 19.4. The van der Waals surface area contributed by atoms with E-state index in [1.165, 1.54) is 29.2 Å².